The summed E-state index contributed by atoms with van der Waals surface area (Å²) in [5.41, 5.74) is 10.8. The number of nitrogens with zero attached hydrogens (tertiary/aromatic N) is 4. The zero-order chi connectivity index (χ0) is 24.2. The fourth-order valence-electron chi connectivity index (χ4n) is 5.08. The third-order valence-electron chi connectivity index (χ3n) is 7.28. The molecule has 5 rings (SSSR count). The van der Waals surface area contributed by atoms with Gasteiger partial charge in [0.1, 0.15) is 6.61 Å². The Bertz CT molecular complexity index is 1170. The van der Waals surface area contributed by atoms with Crippen molar-refractivity contribution in [1.29, 1.82) is 0 Å². The van der Waals surface area contributed by atoms with Gasteiger partial charge in [-0.05, 0) is 86.7 Å². The first-order valence-electron chi connectivity index (χ1n) is 12.5. The lowest BCUT2D eigenvalue weighted by atomic mass is 10.0. The van der Waals surface area contributed by atoms with Crippen LogP contribution in [0.4, 0.5) is 5.82 Å². The Kier molecular flexibility index (Phi) is 6.95. The standard InChI is InChI=1S/C28H33N5O2/c1-20-17-30-11-8-23(20)19-35-26-16-24(18-31-27(26)29)21-4-6-22(7-5-21)28(34)33-14-9-25(10-15-33)32-12-2-3-13-32/h4-8,11,16-18,25H,2-3,9-10,12-15,19H2,1H3,(H2,29,31). The maximum Gasteiger partial charge on any atom is 0.253 e. The second kappa shape index (κ2) is 10.4. The monoisotopic (exact) mass is 471 g/mol. The molecule has 0 atom stereocenters. The summed E-state index contributed by atoms with van der Waals surface area (Å²) in [6.07, 6.45) is 10.1. The van der Waals surface area contributed by atoms with E-state index < -0.39 is 0 Å². The summed E-state index contributed by atoms with van der Waals surface area (Å²) in [6.45, 7) is 6.50. The first-order chi connectivity index (χ1) is 17.1. The molecule has 1 amide bonds. The Morgan fingerprint density at radius 2 is 1.77 bits per heavy atom. The van der Waals surface area contributed by atoms with Gasteiger partial charge in [-0.3, -0.25) is 9.78 Å². The van der Waals surface area contributed by atoms with E-state index in [2.05, 4.69) is 14.9 Å². The van der Waals surface area contributed by atoms with E-state index in [1.165, 1.54) is 25.9 Å². The number of benzene rings is 1. The minimum absolute atomic E-state index is 0.114. The van der Waals surface area contributed by atoms with E-state index in [1.54, 1.807) is 12.4 Å². The zero-order valence-corrected chi connectivity index (χ0v) is 20.3. The molecule has 182 valence electrons. The molecular weight excluding hydrogens is 438 g/mol. The predicted octanol–water partition coefficient (Wildman–Crippen LogP) is 4.31. The van der Waals surface area contributed by atoms with Crippen LogP contribution >= 0.6 is 0 Å². The van der Waals surface area contributed by atoms with Crippen molar-refractivity contribution < 1.29 is 9.53 Å². The molecule has 7 heteroatoms. The van der Waals surface area contributed by atoms with Gasteiger partial charge in [0.15, 0.2) is 11.6 Å². The number of anilines is 1. The van der Waals surface area contributed by atoms with Gasteiger partial charge in [-0.15, -0.1) is 0 Å². The molecule has 0 bridgehead atoms. The van der Waals surface area contributed by atoms with Crippen LogP contribution in [0.15, 0.2) is 55.0 Å². The Morgan fingerprint density at radius 1 is 1.03 bits per heavy atom. The molecule has 35 heavy (non-hydrogen) atoms. The fraction of sp³-hybridized carbons (Fsp3) is 0.393. The number of hydrogen-bond acceptors (Lipinski definition) is 6. The number of nitrogens with two attached hydrogens (primary N) is 1. The molecule has 3 aromatic rings. The van der Waals surface area contributed by atoms with Gasteiger partial charge < -0.3 is 20.3 Å². The largest absolute Gasteiger partial charge is 0.485 e. The number of ether oxygens (including phenoxy) is 1. The molecule has 2 N–H and O–H groups in total. The van der Waals surface area contributed by atoms with Crippen LogP contribution in [-0.2, 0) is 6.61 Å². The third-order valence-corrected chi connectivity index (χ3v) is 7.28. The zero-order valence-electron chi connectivity index (χ0n) is 20.3. The van der Waals surface area contributed by atoms with E-state index in [1.807, 2.05) is 54.4 Å². The topological polar surface area (TPSA) is 84.6 Å². The average molecular weight is 472 g/mol. The predicted molar refractivity (Wildman–Crippen MR) is 137 cm³/mol. The fourth-order valence-corrected chi connectivity index (χ4v) is 5.08. The summed E-state index contributed by atoms with van der Waals surface area (Å²) >= 11 is 0. The van der Waals surface area contributed by atoms with E-state index >= 15 is 0 Å². The normalized spacial score (nSPS) is 17.0. The molecule has 2 aliphatic heterocycles. The lowest BCUT2D eigenvalue weighted by molar-refractivity contribution is 0.0644. The van der Waals surface area contributed by atoms with Crippen molar-refractivity contribution in [2.45, 2.75) is 45.3 Å². The molecule has 2 aromatic heterocycles. The third kappa shape index (κ3) is 5.30. The molecule has 0 saturated carbocycles. The van der Waals surface area contributed by atoms with E-state index in [-0.39, 0.29) is 5.91 Å². The van der Waals surface area contributed by atoms with E-state index in [9.17, 15) is 4.79 Å². The number of amides is 1. The molecule has 2 saturated heterocycles. The van der Waals surface area contributed by atoms with Crippen molar-refractivity contribution in [2.24, 2.45) is 0 Å². The van der Waals surface area contributed by atoms with Gasteiger partial charge in [0, 0.05) is 48.8 Å². The number of likely N-dealkylation sites (tertiary alicyclic amines) is 2. The summed E-state index contributed by atoms with van der Waals surface area (Å²) in [4.78, 5) is 26.1. The lowest BCUT2D eigenvalue weighted by Crippen LogP contribution is -2.45. The first-order valence-corrected chi connectivity index (χ1v) is 12.5. The van der Waals surface area contributed by atoms with Crippen LogP contribution in [0.5, 0.6) is 5.75 Å². The van der Waals surface area contributed by atoms with Gasteiger partial charge in [0.2, 0.25) is 0 Å². The van der Waals surface area contributed by atoms with Crippen LogP contribution in [0, 0.1) is 6.92 Å². The SMILES string of the molecule is Cc1cnccc1COc1cc(-c2ccc(C(=O)N3CCC(N4CCCC4)CC3)cc2)cnc1N. The van der Waals surface area contributed by atoms with Crippen molar-refractivity contribution in [2.75, 3.05) is 31.9 Å². The Balaban J connectivity index is 1.22. The van der Waals surface area contributed by atoms with Crippen LogP contribution in [0.2, 0.25) is 0 Å². The Hall–Kier alpha value is -3.45. The second-order valence-electron chi connectivity index (χ2n) is 9.54. The highest BCUT2D eigenvalue weighted by atomic mass is 16.5. The molecule has 1 aromatic carbocycles. The molecule has 0 unspecified atom stereocenters. The van der Waals surface area contributed by atoms with Crippen LogP contribution in [-0.4, -0.2) is 57.9 Å². The van der Waals surface area contributed by atoms with Gasteiger partial charge in [-0.1, -0.05) is 12.1 Å². The minimum Gasteiger partial charge on any atom is -0.485 e. The van der Waals surface area contributed by atoms with Gasteiger partial charge in [-0.2, -0.15) is 0 Å². The molecule has 7 nitrogen and oxygen atoms in total. The van der Waals surface area contributed by atoms with E-state index in [0.717, 1.165) is 53.7 Å². The number of aromatic nitrogens is 2. The summed E-state index contributed by atoms with van der Waals surface area (Å²) in [5.74, 6) is 1.01. The van der Waals surface area contributed by atoms with Crippen molar-refractivity contribution in [1.82, 2.24) is 19.8 Å². The number of aryl methyl sites for hydroxylation is 1. The van der Waals surface area contributed by atoms with Gasteiger partial charge in [0.25, 0.3) is 5.91 Å². The van der Waals surface area contributed by atoms with Crippen molar-refractivity contribution in [3.63, 3.8) is 0 Å². The Morgan fingerprint density at radius 3 is 2.49 bits per heavy atom. The van der Waals surface area contributed by atoms with Crippen LogP contribution in [0.25, 0.3) is 11.1 Å². The van der Waals surface area contributed by atoms with Gasteiger partial charge >= 0.3 is 0 Å². The van der Waals surface area contributed by atoms with Crippen molar-refractivity contribution in [3.05, 3.63) is 71.7 Å². The van der Waals surface area contributed by atoms with Crippen LogP contribution in [0.1, 0.15) is 47.2 Å². The summed E-state index contributed by atoms with van der Waals surface area (Å²) in [6, 6.07) is 12.2. The molecule has 2 fully saturated rings. The number of hydrogen-bond donors (Lipinski definition) is 1. The quantitative estimate of drug-likeness (QED) is 0.577. The molecule has 0 spiro atoms. The summed E-state index contributed by atoms with van der Waals surface area (Å²) in [7, 11) is 0. The summed E-state index contributed by atoms with van der Waals surface area (Å²) < 4.78 is 5.97. The summed E-state index contributed by atoms with van der Waals surface area (Å²) in [5, 5.41) is 0. The number of piperidine rings is 1. The van der Waals surface area contributed by atoms with Crippen molar-refractivity contribution >= 4 is 11.7 Å². The Labute approximate surface area is 206 Å². The number of pyridine rings is 2. The molecule has 0 aliphatic carbocycles. The van der Waals surface area contributed by atoms with Crippen molar-refractivity contribution in [3.8, 4) is 16.9 Å². The smallest absolute Gasteiger partial charge is 0.253 e. The average Bonchev–Trinajstić information content (AvgIpc) is 3.44. The second-order valence-corrected chi connectivity index (χ2v) is 9.54. The molecule has 4 heterocycles. The molecule has 0 radical (unpaired) electrons. The number of carbonyl (C=O) groups is 1. The van der Waals surface area contributed by atoms with E-state index in [4.69, 9.17) is 10.5 Å². The number of carbonyl (C=O) groups excluding carboxylic acids is 1. The van der Waals surface area contributed by atoms with E-state index in [0.29, 0.717) is 24.2 Å². The van der Waals surface area contributed by atoms with Crippen LogP contribution in [0.3, 0.4) is 0 Å². The van der Waals surface area contributed by atoms with Crippen LogP contribution < -0.4 is 10.5 Å². The van der Waals surface area contributed by atoms with Gasteiger partial charge in [-0.25, -0.2) is 4.98 Å². The molecule has 2 aliphatic rings. The highest BCUT2D eigenvalue weighted by Gasteiger charge is 2.28. The highest BCUT2D eigenvalue weighted by Crippen LogP contribution is 2.29. The lowest BCUT2D eigenvalue weighted by Gasteiger charge is -2.36. The molecular formula is C28H33N5O2. The maximum absolute atomic E-state index is 13.1. The maximum atomic E-state index is 13.1. The first kappa shape index (κ1) is 23.3. The number of rotatable bonds is 6. The minimum atomic E-state index is 0.114. The highest BCUT2D eigenvalue weighted by molar-refractivity contribution is 5.94. The number of nitrogen functional groups attached to an aromatic ring is 1. The van der Waals surface area contributed by atoms with Gasteiger partial charge in [0.05, 0.1) is 0 Å².